The molecule has 3 aromatic rings. The van der Waals surface area contributed by atoms with Crippen LogP contribution in [-0.2, 0) is 7.05 Å². The second kappa shape index (κ2) is 7.78. The van der Waals surface area contributed by atoms with Crippen LogP contribution in [0.3, 0.4) is 0 Å². The van der Waals surface area contributed by atoms with Crippen molar-refractivity contribution in [3.63, 3.8) is 0 Å². The van der Waals surface area contributed by atoms with E-state index in [1.165, 1.54) is 0 Å². The molecule has 0 atom stereocenters. The van der Waals surface area contributed by atoms with E-state index in [2.05, 4.69) is 27.9 Å². The molecule has 0 amide bonds. The van der Waals surface area contributed by atoms with Gasteiger partial charge in [0, 0.05) is 24.1 Å². The minimum absolute atomic E-state index is 0.359. The molecule has 0 saturated heterocycles. The number of halogens is 1. The number of rotatable bonds is 1. The van der Waals surface area contributed by atoms with E-state index in [-0.39, 0.29) is 5.60 Å². The Balaban J connectivity index is 0.000000461. The first kappa shape index (κ1) is 21.9. The Morgan fingerprint density at radius 3 is 2.47 bits per heavy atom. The quantitative estimate of drug-likeness (QED) is 0.245. The monoisotopic (exact) mass is 437 g/mol. The van der Waals surface area contributed by atoms with Gasteiger partial charge in [0.05, 0.1) is 23.5 Å². The van der Waals surface area contributed by atoms with E-state index in [4.69, 9.17) is 34.0 Å². The number of pyridine rings is 1. The van der Waals surface area contributed by atoms with E-state index in [0.717, 1.165) is 38.5 Å². The third kappa shape index (κ3) is 4.20. The Hall–Kier alpha value is -2.82. The molecular formula is C20H24ClN3O6. The summed E-state index contributed by atoms with van der Waals surface area (Å²) in [6.07, 6.45) is 4.17. The molecule has 0 radical (unpaired) electrons. The van der Waals surface area contributed by atoms with Crippen LogP contribution in [0.15, 0.2) is 41.5 Å². The van der Waals surface area contributed by atoms with Crippen LogP contribution in [0.4, 0.5) is 0 Å². The summed E-state index contributed by atoms with van der Waals surface area (Å²) >= 11 is 0. The molecule has 2 aromatic carbocycles. The van der Waals surface area contributed by atoms with Gasteiger partial charge in [-0.3, -0.25) is 0 Å². The number of methoxy groups -OCH3 is 1. The number of hydrogen-bond donors (Lipinski definition) is 4. The van der Waals surface area contributed by atoms with Crippen molar-refractivity contribution in [3.8, 4) is 11.5 Å². The van der Waals surface area contributed by atoms with Gasteiger partial charge in [-0.25, -0.2) is 0 Å². The number of para-hydroxylation sites is 1. The molecule has 0 spiro atoms. The van der Waals surface area contributed by atoms with Crippen molar-refractivity contribution in [2.75, 3.05) is 7.11 Å². The van der Waals surface area contributed by atoms with Gasteiger partial charge < -0.3 is 19.9 Å². The summed E-state index contributed by atoms with van der Waals surface area (Å²) in [5, 5.41) is 6.69. The number of aryl methyl sites for hydroxylation is 1. The Labute approximate surface area is 174 Å². The Kier molecular flexibility index (Phi) is 5.68. The number of hydrogen-bond acceptors (Lipinski definition) is 8. The molecule has 0 aliphatic carbocycles. The average Bonchev–Trinajstić information content (AvgIpc) is 2.65. The molecule has 1 aliphatic rings. The summed E-state index contributed by atoms with van der Waals surface area (Å²) < 4.78 is 44.2. The summed E-state index contributed by atoms with van der Waals surface area (Å²) in [5.41, 5.74) is 2.69. The van der Waals surface area contributed by atoms with Crippen LogP contribution in [0.5, 0.6) is 11.5 Å². The first-order valence-electron chi connectivity index (χ1n) is 8.87. The summed E-state index contributed by atoms with van der Waals surface area (Å²) in [5.74, 6) is 7.28. The Morgan fingerprint density at radius 1 is 1.23 bits per heavy atom. The number of nitrogens with zero attached hydrogens (tertiary/aromatic N) is 2. The number of fused-ring (bicyclic) bond motifs is 4. The SMILES string of the molecule is COc1cc2c(c3c1/c(=N/N)c1ccccc1n3C)C=CC(C)(C)O2.[O-][Cl+](O)(O)O. The third-order valence-electron chi connectivity index (χ3n) is 4.73. The van der Waals surface area contributed by atoms with Gasteiger partial charge in [0.1, 0.15) is 22.5 Å². The summed E-state index contributed by atoms with van der Waals surface area (Å²) in [7, 11) is -0.501. The molecular weight excluding hydrogens is 414 g/mol. The first-order chi connectivity index (χ1) is 14.0. The molecule has 9 nitrogen and oxygen atoms in total. The predicted octanol–water partition coefficient (Wildman–Crippen LogP) is 0.439. The second-order valence-electron chi connectivity index (χ2n) is 7.24. The standard InChI is InChI=1S/C20H21N3O2.ClH3O4/c1-20(2)10-9-13-15(25-20)11-16(24-4)17-18(22-21)12-7-5-6-8-14(12)23(3)19(13)17;2-1(3,4)5/h5-11H,21H2,1-4H3;2-4H/b22-18+;. The van der Waals surface area contributed by atoms with E-state index in [1.54, 1.807) is 7.11 Å². The van der Waals surface area contributed by atoms with Crippen LogP contribution in [0.1, 0.15) is 19.4 Å². The predicted molar refractivity (Wildman–Crippen MR) is 107 cm³/mol. The maximum absolute atomic E-state index is 8.83. The molecule has 5 N–H and O–H groups in total. The minimum atomic E-state index is -4.19. The van der Waals surface area contributed by atoms with Crippen molar-refractivity contribution in [2.45, 2.75) is 19.4 Å². The van der Waals surface area contributed by atoms with E-state index >= 15 is 0 Å². The van der Waals surface area contributed by atoms with Crippen LogP contribution < -0.4 is 25.3 Å². The summed E-state index contributed by atoms with van der Waals surface area (Å²) in [6, 6.07) is 10.0. The molecule has 0 saturated carbocycles. The van der Waals surface area contributed by atoms with Crippen molar-refractivity contribution in [2.24, 2.45) is 18.0 Å². The Morgan fingerprint density at radius 2 is 1.87 bits per heavy atom. The second-order valence-corrected chi connectivity index (χ2v) is 8.11. The summed E-state index contributed by atoms with van der Waals surface area (Å²) in [4.78, 5) is 0. The van der Waals surface area contributed by atoms with Gasteiger partial charge in [-0.2, -0.15) is 5.10 Å². The van der Waals surface area contributed by atoms with Gasteiger partial charge >= 0.3 is 28.9 Å². The molecule has 4 rings (SSSR count). The molecule has 0 fully saturated rings. The van der Waals surface area contributed by atoms with Crippen molar-refractivity contribution in [1.82, 2.24) is 4.57 Å². The average molecular weight is 438 g/mol. The topological polar surface area (TPSA) is 146 Å². The molecule has 162 valence electrons. The number of aromatic nitrogens is 1. The normalized spacial score (nSPS) is 15.9. The van der Waals surface area contributed by atoms with Crippen molar-refractivity contribution in [1.29, 1.82) is 0 Å². The fourth-order valence-electron chi connectivity index (χ4n) is 3.58. The molecule has 2 heterocycles. The van der Waals surface area contributed by atoms with Crippen LogP contribution in [0, 0.1) is 10.2 Å². The third-order valence-corrected chi connectivity index (χ3v) is 4.73. The van der Waals surface area contributed by atoms with Crippen molar-refractivity contribution >= 4 is 27.9 Å². The van der Waals surface area contributed by atoms with Crippen molar-refractivity contribution < 1.29 is 38.4 Å². The fourth-order valence-corrected chi connectivity index (χ4v) is 3.58. The molecule has 0 unspecified atom stereocenters. The Bertz CT molecular complexity index is 1210. The van der Waals surface area contributed by atoms with Crippen LogP contribution in [0.2, 0.25) is 0 Å². The van der Waals surface area contributed by atoms with E-state index in [0.29, 0.717) is 5.75 Å². The van der Waals surface area contributed by atoms with Gasteiger partial charge in [0.25, 0.3) is 0 Å². The van der Waals surface area contributed by atoms with Crippen LogP contribution in [-0.4, -0.2) is 31.3 Å². The molecule has 0 bridgehead atoms. The number of benzene rings is 2. The van der Waals surface area contributed by atoms with Crippen LogP contribution in [0.25, 0.3) is 27.9 Å². The summed E-state index contributed by atoms with van der Waals surface area (Å²) in [6.45, 7) is 4.06. The van der Waals surface area contributed by atoms with E-state index < -0.39 is 10.2 Å². The van der Waals surface area contributed by atoms with Gasteiger partial charge in [-0.1, -0.05) is 18.2 Å². The molecule has 10 heteroatoms. The maximum atomic E-state index is 8.83. The number of nitrogens with two attached hydrogens (primary N) is 1. The van der Waals surface area contributed by atoms with Gasteiger partial charge in [-0.05, 0) is 32.1 Å². The van der Waals surface area contributed by atoms with Gasteiger partial charge in [0.15, 0.2) is 0 Å². The van der Waals surface area contributed by atoms with E-state index in [9.17, 15) is 0 Å². The van der Waals surface area contributed by atoms with Gasteiger partial charge in [-0.15, -0.1) is 0 Å². The van der Waals surface area contributed by atoms with Crippen LogP contribution >= 0.6 is 0 Å². The molecule has 1 aromatic heterocycles. The first-order valence-corrected chi connectivity index (χ1v) is 10.2. The van der Waals surface area contributed by atoms with Crippen molar-refractivity contribution in [3.05, 3.63) is 47.3 Å². The van der Waals surface area contributed by atoms with E-state index in [1.807, 2.05) is 45.2 Å². The number of ether oxygens (including phenoxy) is 2. The zero-order valence-electron chi connectivity index (χ0n) is 17.0. The zero-order valence-corrected chi connectivity index (χ0v) is 17.7. The zero-order chi connectivity index (χ0) is 22.3. The molecule has 30 heavy (non-hydrogen) atoms. The van der Waals surface area contributed by atoms with Gasteiger partial charge in [0.2, 0.25) is 0 Å². The fraction of sp³-hybridized carbons (Fsp3) is 0.250. The molecule has 1 aliphatic heterocycles.